The Balaban J connectivity index is 1.76. The standard InChI is InChI=1S/C15H15ClN2O2/c1-9-12(10(2)20-18-9)7-17-8-13-11-5-3-4-6-14(11)19-15(13)16/h3-6,17H,7-8H2,1-2H3. The fourth-order valence-electron chi connectivity index (χ4n) is 2.30. The molecular formula is C15H15ClN2O2. The molecule has 1 N–H and O–H groups in total. The number of aryl methyl sites for hydroxylation is 2. The van der Waals surface area contributed by atoms with E-state index in [1.165, 1.54) is 0 Å². The maximum absolute atomic E-state index is 6.15. The molecule has 0 amide bonds. The zero-order valence-electron chi connectivity index (χ0n) is 11.4. The molecule has 4 nitrogen and oxygen atoms in total. The Morgan fingerprint density at radius 2 is 1.90 bits per heavy atom. The van der Waals surface area contributed by atoms with Crippen LogP contribution in [-0.4, -0.2) is 5.16 Å². The van der Waals surface area contributed by atoms with Crippen LogP contribution in [0.25, 0.3) is 11.0 Å². The van der Waals surface area contributed by atoms with Gasteiger partial charge in [-0.05, 0) is 31.5 Å². The van der Waals surface area contributed by atoms with Gasteiger partial charge in [-0.1, -0.05) is 23.4 Å². The number of benzene rings is 1. The Morgan fingerprint density at radius 3 is 2.65 bits per heavy atom. The number of hydrogen-bond acceptors (Lipinski definition) is 4. The average molecular weight is 291 g/mol. The van der Waals surface area contributed by atoms with Gasteiger partial charge in [0.15, 0.2) is 5.22 Å². The van der Waals surface area contributed by atoms with Crippen LogP contribution in [0.5, 0.6) is 0 Å². The van der Waals surface area contributed by atoms with Crippen molar-refractivity contribution in [3.05, 3.63) is 52.1 Å². The first-order valence-electron chi connectivity index (χ1n) is 6.45. The summed E-state index contributed by atoms with van der Waals surface area (Å²) in [4.78, 5) is 0. The number of aromatic nitrogens is 1. The number of furan rings is 1. The summed E-state index contributed by atoms with van der Waals surface area (Å²) < 4.78 is 10.7. The number of nitrogens with one attached hydrogen (secondary N) is 1. The Bertz CT molecular complexity index is 726. The molecule has 0 radical (unpaired) electrons. The van der Waals surface area contributed by atoms with Crippen molar-refractivity contribution in [1.82, 2.24) is 10.5 Å². The third-order valence-electron chi connectivity index (χ3n) is 3.43. The third kappa shape index (κ3) is 2.32. The number of para-hydroxylation sites is 1. The van der Waals surface area contributed by atoms with Crippen LogP contribution >= 0.6 is 11.6 Å². The molecule has 20 heavy (non-hydrogen) atoms. The molecule has 0 fully saturated rings. The summed E-state index contributed by atoms with van der Waals surface area (Å²) in [7, 11) is 0. The number of rotatable bonds is 4. The van der Waals surface area contributed by atoms with Crippen molar-refractivity contribution in [2.24, 2.45) is 0 Å². The van der Waals surface area contributed by atoms with Gasteiger partial charge >= 0.3 is 0 Å². The molecule has 104 valence electrons. The largest absolute Gasteiger partial charge is 0.444 e. The van der Waals surface area contributed by atoms with Gasteiger partial charge in [-0.3, -0.25) is 0 Å². The molecule has 0 saturated heterocycles. The lowest BCUT2D eigenvalue weighted by Crippen LogP contribution is -2.13. The summed E-state index contributed by atoms with van der Waals surface area (Å²) in [6.45, 7) is 5.18. The molecule has 0 atom stereocenters. The van der Waals surface area contributed by atoms with Crippen molar-refractivity contribution in [2.75, 3.05) is 0 Å². The molecule has 0 aliphatic heterocycles. The van der Waals surface area contributed by atoms with Gasteiger partial charge in [0.1, 0.15) is 11.3 Å². The Labute approximate surface area is 121 Å². The maximum atomic E-state index is 6.15. The highest BCUT2D eigenvalue weighted by Crippen LogP contribution is 2.29. The van der Waals surface area contributed by atoms with E-state index >= 15 is 0 Å². The van der Waals surface area contributed by atoms with Crippen LogP contribution in [0.15, 0.2) is 33.2 Å². The lowest BCUT2D eigenvalue weighted by molar-refractivity contribution is 0.392. The molecular weight excluding hydrogens is 276 g/mol. The number of nitrogens with zero attached hydrogens (tertiary/aromatic N) is 1. The van der Waals surface area contributed by atoms with Gasteiger partial charge in [-0.2, -0.15) is 0 Å². The minimum Gasteiger partial charge on any atom is -0.444 e. The van der Waals surface area contributed by atoms with Crippen LogP contribution in [0.3, 0.4) is 0 Å². The lowest BCUT2D eigenvalue weighted by atomic mass is 10.1. The van der Waals surface area contributed by atoms with Gasteiger partial charge < -0.3 is 14.3 Å². The summed E-state index contributed by atoms with van der Waals surface area (Å²) in [6.07, 6.45) is 0. The van der Waals surface area contributed by atoms with Gasteiger partial charge in [0.2, 0.25) is 0 Å². The molecule has 3 aromatic rings. The van der Waals surface area contributed by atoms with Gasteiger partial charge in [0.25, 0.3) is 0 Å². The topological polar surface area (TPSA) is 51.2 Å². The van der Waals surface area contributed by atoms with Crippen molar-refractivity contribution in [3.8, 4) is 0 Å². The number of halogens is 1. The van der Waals surface area contributed by atoms with Crippen molar-refractivity contribution < 1.29 is 8.94 Å². The van der Waals surface area contributed by atoms with Crippen LogP contribution in [-0.2, 0) is 13.1 Å². The number of hydrogen-bond donors (Lipinski definition) is 1. The predicted octanol–water partition coefficient (Wildman–Crippen LogP) is 3.98. The van der Waals surface area contributed by atoms with E-state index in [1.807, 2.05) is 38.1 Å². The molecule has 2 heterocycles. The van der Waals surface area contributed by atoms with E-state index in [4.69, 9.17) is 20.5 Å². The normalized spacial score (nSPS) is 11.3. The van der Waals surface area contributed by atoms with E-state index in [0.717, 1.165) is 33.6 Å². The van der Waals surface area contributed by atoms with Crippen LogP contribution in [0.2, 0.25) is 5.22 Å². The number of fused-ring (bicyclic) bond motifs is 1. The van der Waals surface area contributed by atoms with E-state index in [9.17, 15) is 0 Å². The van der Waals surface area contributed by atoms with E-state index in [0.29, 0.717) is 18.3 Å². The van der Waals surface area contributed by atoms with E-state index in [2.05, 4.69) is 10.5 Å². The van der Waals surface area contributed by atoms with Crippen LogP contribution in [0.1, 0.15) is 22.6 Å². The quantitative estimate of drug-likeness (QED) is 0.789. The Kier molecular flexibility index (Phi) is 3.51. The average Bonchev–Trinajstić information content (AvgIpc) is 2.92. The Hall–Kier alpha value is -1.78. The van der Waals surface area contributed by atoms with E-state index in [1.54, 1.807) is 0 Å². The molecule has 0 aliphatic carbocycles. The molecule has 0 saturated carbocycles. The SMILES string of the molecule is Cc1noc(C)c1CNCc1c(Cl)oc2ccccc12. The zero-order chi connectivity index (χ0) is 14.1. The molecule has 1 aromatic carbocycles. The summed E-state index contributed by atoms with van der Waals surface area (Å²) in [5.74, 6) is 0.846. The second kappa shape index (κ2) is 5.31. The van der Waals surface area contributed by atoms with Crippen molar-refractivity contribution in [2.45, 2.75) is 26.9 Å². The summed E-state index contributed by atoms with van der Waals surface area (Å²) in [5.41, 5.74) is 3.80. The monoisotopic (exact) mass is 290 g/mol. The van der Waals surface area contributed by atoms with Gasteiger partial charge in [-0.25, -0.2) is 0 Å². The van der Waals surface area contributed by atoms with E-state index < -0.39 is 0 Å². The van der Waals surface area contributed by atoms with Crippen LogP contribution < -0.4 is 5.32 Å². The second-order valence-corrected chi connectivity index (χ2v) is 5.10. The first kappa shape index (κ1) is 13.2. The fourth-order valence-corrected chi connectivity index (χ4v) is 2.55. The molecule has 3 rings (SSSR count). The summed E-state index contributed by atoms with van der Waals surface area (Å²) in [5, 5.41) is 8.79. The predicted molar refractivity (Wildman–Crippen MR) is 77.7 cm³/mol. The highest BCUT2D eigenvalue weighted by atomic mass is 35.5. The molecule has 0 spiro atoms. The smallest absolute Gasteiger partial charge is 0.199 e. The van der Waals surface area contributed by atoms with Crippen molar-refractivity contribution in [3.63, 3.8) is 0 Å². The van der Waals surface area contributed by atoms with Crippen molar-refractivity contribution in [1.29, 1.82) is 0 Å². The summed E-state index contributed by atoms with van der Waals surface area (Å²) in [6, 6.07) is 7.84. The summed E-state index contributed by atoms with van der Waals surface area (Å²) >= 11 is 6.15. The first-order valence-corrected chi connectivity index (χ1v) is 6.83. The second-order valence-electron chi connectivity index (χ2n) is 4.76. The molecule has 0 aliphatic rings. The minimum atomic E-state index is 0.442. The zero-order valence-corrected chi connectivity index (χ0v) is 12.1. The minimum absolute atomic E-state index is 0.442. The van der Waals surface area contributed by atoms with Crippen LogP contribution in [0.4, 0.5) is 0 Å². The highest BCUT2D eigenvalue weighted by molar-refractivity contribution is 6.30. The molecule has 2 aromatic heterocycles. The van der Waals surface area contributed by atoms with Gasteiger partial charge in [0, 0.05) is 29.6 Å². The van der Waals surface area contributed by atoms with E-state index in [-0.39, 0.29) is 0 Å². The maximum Gasteiger partial charge on any atom is 0.199 e. The highest BCUT2D eigenvalue weighted by Gasteiger charge is 2.13. The Morgan fingerprint density at radius 1 is 1.15 bits per heavy atom. The fraction of sp³-hybridized carbons (Fsp3) is 0.267. The molecule has 5 heteroatoms. The molecule has 0 unspecified atom stereocenters. The van der Waals surface area contributed by atoms with Gasteiger partial charge in [0.05, 0.1) is 5.69 Å². The van der Waals surface area contributed by atoms with Crippen molar-refractivity contribution >= 4 is 22.6 Å². The first-order chi connectivity index (χ1) is 9.66. The molecule has 0 bridgehead atoms. The van der Waals surface area contributed by atoms with Gasteiger partial charge in [-0.15, -0.1) is 0 Å². The lowest BCUT2D eigenvalue weighted by Gasteiger charge is -2.03. The van der Waals surface area contributed by atoms with Crippen LogP contribution in [0, 0.1) is 13.8 Å². The third-order valence-corrected chi connectivity index (χ3v) is 3.74.